The van der Waals surface area contributed by atoms with Gasteiger partial charge in [0.15, 0.2) is 0 Å². The van der Waals surface area contributed by atoms with Gasteiger partial charge < -0.3 is 10.8 Å². The molecule has 74 valence electrons. The van der Waals surface area contributed by atoms with Crippen molar-refractivity contribution in [2.24, 2.45) is 11.7 Å². The van der Waals surface area contributed by atoms with E-state index in [1.807, 2.05) is 25.3 Å². The maximum atomic E-state index is 10.1. The van der Waals surface area contributed by atoms with E-state index in [1.54, 1.807) is 11.3 Å². The molecule has 1 rings (SSSR count). The van der Waals surface area contributed by atoms with E-state index >= 15 is 0 Å². The van der Waals surface area contributed by atoms with Gasteiger partial charge in [-0.2, -0.15) is 11.3 Å². The van der Waals surface area contributed by atoms with Crippen molar-refractivity contribution in [1.29, 1.82) is 0 Å². The van der Waals surface area contributed by atoms with Crippen LogP contribution in [-0.2, 0) is 6.42 Å². The van der Waals surface area contributed by atoms with E-state index in [2.05, 4.69) is 5.38 Å². The Morgan fingerprint density at radius 1 is 1.69 bits per heavy atom. The molecule has 0 radical (unpaired) electrons. The SMILES string of the molecule is CC(CN)C(C)(O)Cc1ccsc1. The highest BCUT2D eigenvalue weighted by Gasteiger charge is 2.27. The molecule has 3 heteroatoms. The standard InChI is InChI=1S/C10H17NOS/c1-8(6-11)10(2,12)5-9-3-4-13-7-9/h3-4,7-8,12H,5-6,11H2,1-2H3. The highest BCUT2D eigenvalue weighted by Crippen LogP contribution is 2.22. The first-order valence-electron chi connectivity index (χ1n) is 4.50. The minimum Gasteiger partial charge on any atom is -0.390 e. The van der Waals surface area contributed by atoms with Crippen molar-refractivity contribution in [3.05, 3.63) is 22.4 Å². The lowest BCUT2D eigenvalue weighted by Crippen LogP contribution is -2.39. The molecule has 0 saturated carbocycles. The molecule has 2 atom stereocenters. The topological polar surface area (TPSA) is 46.2 Å². The van der Waals surface area contributed by atoms with Gasteiger partial charge in [0.25, 0.3) is 0 Å². The van der Waals surface area contributed by atoms with Crippen LogP contribution in [0.2, 0.25) is 0 Å². The summed E-state index contributed by atoms with van der Waals surface area (Å²) in [5, 5.41) is 14.2. The van der Waals surface area contributed by atoms with Crippen molar-refractivity contribution in [3.63, 3.8) is 0 Å². The lowest BCUT2D eigenvalue weighted by Gasteiger charge is -2.29. The molecule has 0 spiro atoms. The number of aliphatic hydroxyl groups is 1. The van der Waals surface area contributed by atoms with Crippen molar-refractivity contribution in [2.45, 2.75) is 25.9 Å². The van der Waals surface area contributed by atoms with Gasteiger partial charge in [0.05, 0.1) is 5.60 Å². The van der Waals surface area contributed by atoms with E-state index in [0.717, 1.165) is 0 Å². The molecule has 0 fully saturated rings. The first-order chi connectivity index (χ1) is 6.06. The third kappa shape index (κ3) is 2.79. The summed E-state index contributed by atoms with van der Waals surface area (Å²) >= 11 is 1.66. The molecule has 0 bridgehead atoms. The van der Waals surface area contributed by atoms with Gasteiger partial charge in [-0.25, -0.2) is 0 Å². The molecule has 1 aromatic heterocycles. The highest BCUT2D eigenvalue weighted by atomic mass is 32.1. The smallest absolute Gasteiger partial charge is 0.0697 e. The number of thiophene rings is 1. The predicted octanol–water partition coefficient (Wildman–Crippen LogP) is 1.64. The predicted molar refractivity (Wildman–Crippen MR) is 56.9 cm³/mol. The molecule has 0 aliphatic carbocycles. The Labute approximate surface area is 83.4 Å². The van der Waals surface area contributed by atoms with E-state index < -0.39 is 5.60 Å². The van der Waals surface area contributed by atoms with Crippen LogP contribution in [0, 0.1) is 5.92 Å². The van der Waals surface area contributed by atoms with E-state index in [1.165, 1.54) is 5.56 Å². The average molecular weight is 199 g/mol. The molecule has 0 saturated heterocycles. The van der Waals surface area contributed by atoms with E-state index in [9.17, 15) is 5.11 Å². The number of hydrogen-bond acceptors (Lipinski definition) is 3. The molecule has 2 nitrogen and oxygen atoms in total. The van der Waals surface area contributed by atoms with Gasteiger partial charge in [-0.3, -0.25) is 0 Å². The quantitative estimate of drug-likeness (QED) is 0.774. The second-order valence-electron chi connectivity index (χ2n) is 3.80. The molecule has 1 aromatic rings. The van der Waals surface area contributed by atoms with Crippen LogP contribution in [0.3, 0.4) is 0 Å². The monoisotopic (exact) mass is 199 g/mol. The van der Waals surface area contributed by atoms with Crippen molar-refractivity contribution in [2.75, 3.05) is 6.54 Å². The summed E-state index contributed by atoms with van der Waals surface area (Å²) < 4.78 is 0. The van der Waals surface area contributed by atoms with Crippen LogP contribution >= 0.6 is 11.3 Å². The fraction of sp³-hybridized carbons (Fsp3) is 0.600. The summed E-state index contributed by atoms with van der Waals surface area (Å²) in [6.45, 7) is 4.35. The Morgan fingerprint density at radius 3 is 2.85 bits per heavy atom. The van der Waals surface area contributed by atoms with Gasteiger partial charge in [0, 0.05) is 6.42 Å². The zero-order chi connectivity index (χ0) is 9.90. The van der Waals surface area contributed by atoms with Gasteiger partial charge in [-0.05, 0) is 41.8 Å². The van der Waals surface area contributed by atoms with Crippen LogP contribution in [0.4, 0.5) is 0 Å². The van der Waals surface area contributed by atoms with Gasteiger partial charge in [0.1, 0.15) is 0 Å². The molecule has 0 aromatic carbocycles. The number of nitrogens with two attached hydrogens (primary N) is 1. The Kier molecular flexibility index (Phi) is 3.47. The number of hydrogen-bond donors (Lipinski definition) is 2. The van der Waals surface area contributed by atoms with Crippen LogP contribution in [0.25, 0.3) is 0 Å². The number of rotatable bonds is 4. The molecule has 0 amide bonds. The van der Waals surface area contributed by atoms with Crippen molar-refractivity contribution < 1.29 is 5.11 Å². The fourth-order valence-electron chi connectivity index (χ4n) is 1.23. The first kappa shape index (κ1) is 10.7. The Balaban J connectivity index is 2.61. The molecule has 2 unspecified atom stereocenters. The molecule has 0 aliphatic heterocycles. The minimum atomic E-state index is -0.685. The van der Waals surface area contributed by atoms with Crippen molar-refractivity contribution >= 4 is 11.3 Å². The second-order valence-corrected chi connectivity index (χ2v) is 4.58. The summed E-state index contributed by atoms with van der Waals surface area (Å²) in [6, 6.07) is 2.04. The minimum absolute atomic E-state index is 0.132. The summed E-state index contributed by atoms with van der Waals surface area (Å²) in [5.74, 6) is 0.132. The van der Waals surface area contributed by atoms with Crippen molar-refractivity contribution in [1.82, 2.24) is 0 Å². The van der Waals surface area contributed by atoms with Crippen LogP contribution < -0.4 is 5.73 Å². The molecule has 13 heavy (non-hydrogen) atoms. The Morgan fingerprint density at radius 2 is 2.38 bits per heavy atom. The summed E-state index contributed by atoms with van der Waals surface area (Å²) in [4.78, 5) is 0. The molecular weight excluding hydrogens is 182 g/mol. The second kappa shape index (κ2) is 4.22. The fourth-order valence-corrected chi connectivity index (χ4v) is 1.90. The molecule has 1 heterocycles. The van der Waals surface area contributed by atoms with Crippen molar-refractivity contribution in [3.8, 4) is 0 Å². The van der Waals surface area contributed by atoms with E-state index in [4.69, 9.17) is 5.73 Å². The van der Waals surface area contributed by atoms with Gasteiger partial charge in [0.2, 0.25) is 0 Å². The highest BCUT2D eigenvalue weighted by molar-refractivity contribution is 7.07. The zero-order valence-corrected chi connectivity index (χ0v) is 8.97. The Bertz CT molecular complexity index is 243. The van der Waals surface area contributed by atoms with Gasteiger partial charge >= 0.3 is 0 Å². The maximum absolute atomic E-state index is 10.1. The third-order valence-electron chi connectivity index (χ3n) is 2.56. The molecule has 0 aliphatic rings. The van der Waals surface area contributed by atoms with E-state index in [-0.39, 0.29) is 5.92 Å². The van der Waals surface area contributed by atoms with Crippen LogP contribution in [0.5, 0.6) is 0 Å². The zero-order valence-electron chi connectivity index (χ0n) is 8.16. The largest absolute Gasteiger partial charge is 0.390 e. The van der Waals surface area contributed by atoms with Crippen LogP contribution in [-0.4, -0.2) is 17.3 Å². The summed E-state index contributed by atoms with van der Waals surface area (Å²) in [7, 11) is 0. The van der Waals surface area contributed by atoms with Gasteiger partial charge in [-0.15, -0.1) is 0 Å². The van der Waals surface area contributed by atoms with E-state index in [0.29, 0.717) is 13.0 Å². The summed E-state index contributed by atoms with van der Waals surface area (Å²) in [6.07, 6.45) is 0.689. The molecular formula is C10H17NOS. The lowest BCUT2D eigenvalue weighted by molar-refractivity contribution is 0.0103. The lowest BCUT2D eigenvalue weighted by atomic mass is 9.86. The molecule has 3 N–H and O–H groups in total. The van der Waals surface area contributed by atoms with Crippen LogP contribution in [0.1, 0.15) is 19.4 Å². The normalized spacial score (nSPS) is 18.2. The maximum Gasteiger partial charge on any atom is 0.0697 e. The first-order valence-corrected chi connectivity index (χ1v) is 5.44. The third-order valence-corrected chi connectivity index (χ3v) is 3.29. The van der Waals surface area contributed by atoms with Gasteiger partial charge in [-0.1, -0.05) is 6.92 Å². The summed E-state index contributed by atoms with van der Waals surface area (Å²) in [5.41, 5.74) is 6.04. The average Bonchev–Trinajstić information content (AvgIpc) is 2.54. The van der Waals surface area contributed by atoms with Crippen LogP contribution in [0.15, 0.2) is 16.8 Å². The Hall–Kier alpha value is -0.380.